The Labute approximate surface area is 165 Å². The van der Waals surface area contributed by atoms with E-state index < -0.39 is 0 Å². The van der Waals surface area contributed by atoms with Gasteiger partial charge in [-0.3, -0.25) is 4.79 Å². The summed E-state index contributed by atoms with van der Waals surface area (Å²) in [5.74, 6) is 2.22. The molecule has 1 aliphatic heterocycles. The third-order valence-electron chi connectivity index (χ3n) is 5.36. The maximum absolute atomic E-state index is 13.2. The van der Waals surface area contributed by atoms with Crippen molar-refractivity contribution in [1.82, 2.24) is 30.0 Å². The van der Waals surface area contributed by atoms with E-state index >= 15 is 0 Å². The van der Waals surface area contributed by atoms with Gasteiger partial charge >= 0.3 is 0 Å². The van der Waals surface area contributed by atoms with Crippen LogP contribution in [0.3, 0.4) is 0 Å². The molecule has 0 radical (unpaired) electrons. The summed E-state index contributed by atoms with van der Waals surface area (Å²) in [7, 11) is 1.97. The van der Waals surface area contributed by atoms with Crippen molar-refractivity contribution in [3.63, 3.8) is 0 Å². The first-order chi connectivity index (χ1) is 13.5. The number of para-hydroxylation sites is 1. The van der Waals surface area contributed by atoms with Crippen molar-refractivity contribution in [1.29, 1.82) is 0 Å². The lowest BCUT2D eigenvalue weighted by Crippen LogP contribution is -2.32. The molecule has 7 heteroatoms. The fraction of sp³-hybridized carbons (Fsp3) is 0.476. The van der Waals surface area contributed by atoms with Gasteiger partial charge in [0, 0.05) is 50.2 Å². The summed E-state index contributed by atoms with van der Waals surface area (Å²) in [5.41, 5.74) is 1.75. The normalized spacial score (nSPS) is 15.4. The molecule has 1 aliphatic rings. The lowest BCUT2D eigenvalue weighted by Gasteiger charge is -2.21. The van der Waals surface area contributed by atoms with Crippen molar-refractivity contribution in [2.24, 2.45) is 13.0 Å². The molecule has 0 saturated heterocycles. The van der Waals surface area contributed by atoms with Crippen molar-refractivity contribution in [2.45, 2.75) is 39.3 Å². The Morgan fingerprint density at radius 2 is 2.07 bits per heavy atom. The van der Waals surface area contributed by atoms with Gasteiger partial charge in [0.05, 0.1) is 11.6 Å². The van der Waals surface area contributed by atoms with Gasteiger partial charge in [-0.25, -0.2) is 0 Å². The molecule has 1 aromatic carbocycles. The molecule has 1 amide bonds. The molecule has 0 aliphatic carbocycles. The lowest BCUT2D eigenvalue weighted by molar-refractivity contribution is 0.0930. The molecule has 7 nitrogen and oxygen atoms in total. The molecule has 2 aromatic heterocycles. The van der Waals surface area contributed by atoms with Gasteiger partial charge in [0.2, 0.25) is 0 Å². The van der Waals surface area contributed by atoms with E-state index in [1.165, 1.54) is 0 Å². The monoisotopic (exact) mass is 380 g/mol. The number of carbonyl (C=O) groups is 1. The topological polar surface area (TPSA) is 76.8 Å². The van der Waals surface area contributed by atoms with E-state index in [0.29, 0.717) is 11.5 Å². The maximum Gasteiger partial charge on any atom is 0.254 e. The second kappa shape index (κ2) is 7.75. The van der Waals surface area contributed by atoms with E-state index in [-0.39, 0.29) is 11.9 Å². The molecule has 0 fully saturated rings. The highest BCUT2D eigenvalue weighted by Crippen LogP contribution is 2.25. The largest absolute Gasteiger partial charge is 0.350 e. The molecule has 0 spiro atoms. The molecule has 3 aromatic rings. The number of nitrogens with one attached hydrogen (secondary N) is 2. The molecule has 3 heterocycles. The molecule has 148 valence electrons. The smallest absolute Gasteiger partial charge is 0.254 e. The number of hydrogen-bond donors (Lipinski definition) is 2. The van der Waals surface area contributed by atoms with Crippen molar-refractivity contribution in [3.05, 3.63) is 47.7 Å². The molecule has 4 rings (SSSR count). The molecule has 0 bridgehead atoms. The van der Waals surface area contributed by atoms with Crippen LogP contribution >= 0.6 is 0 Å². The Hall–Kier alpha value is -2.67. The maximum atomic E-state index is 13.2. The quantitative estimate of drug-likeness (QED) is 0.713. The van der Waals surface area contributed by atoms with Crippen molar-refractivity contribution < 1.29 is 4.79 Å². The number of hydrogen-bond acceptors (Lipinski definition) is 4. The Morgan fingerprint density at radius 3 is 2.89 bits per heavy atom. The Bertz CT molecular complexity index is 986. The molecule has 1 atom stereocenters. The number of aromatic nitrogens is 4. The Morgan fingerprint density at radius 1 is 1.25 bits per heavy atom. The zero-order chi connectivity index (χ0) is 19.7. The van der Waals surface area contributed by atoms with Gasteiger partial charge in [0.15, 0.2) is 5.82 Å². The van der Waals surface area contributed by atoms with E-state index in [2.05, 4.69) is 39.2 Å². The van der Waals surface area contributed by atoms with Gasteiger partial charge in [0.25, 0.3) is 5.91 Å². The standard InChI is InChI=1S/C21H28N6O/c1-14(2)12-17(20-25-24-19-8-9-22-10-11-27(19)20)23-21(28)16-13-26(3)18-7-5-4-6-15(16)18/h4-7,13-14,17,22H,8-12H2,1-3H3,(H,23,28)/t17-/m1/s1. The summed E-state index contributed by atoms with van der Waals surface area (Å²) in [6.45, 7) is 6.96. The molecule has 0 saturated carbocycles. The number of amides is 1. The highest BCUT2D eigenvalue weighted by molar-refractivity contribution is 6.07. The van der Waals surface area contributed by atoms with Crippen LogP contribution in [0, 0.1) is 5.92 Å². The first kappa shape index (κ1) is 18.7. The van der Waals surface area contributed by atoms with Crippen LogP contribution in [0.5, 0.6) is 0 Å². The van der Waals surface area contributed by atoms with Crippen molar-refractivity contribution in [3.8, 4) is 0 Å². The number of rotatable bonds is 5. The average Bonchev–Trinajstić information content (AvgIpc) is 3.14. The SMILES string of the molecule is CC(C)C[C@@H](NC(=O)c1cn(C)c2ccccc12)c1nnc2n1CCNCC2. The van der Waals surface area contributed by atoms with Crippen molar-refractivity contribution in [2.75, 3.05) is 13.1 Å². The summed E-state index contributed by atoms with van der Waals surface area (Å²) < 4.78 is 4.17. The van der Waals surface area contributed by atoms with Crippen LogP contribution in [-0.4, -0.2) is 38.3 Å². The molecule has 0 unspecified atom stereocenters. The number of carbonyl (C=O) groups excluding carboxylic acids is 1. The number of fused-ring (bicyclic) bond motifs is 2. The van der Waals surface area contributed by atoms with Gasteiger partial charge in [-0.15, -0.1) is 10.2 Å². The third-order valence-corrected chi connectivity index (χ3v) is 5.36. The van der Waals surface area contributed by atoms with E-state index in [9.17, 15) is 4.79 Å². The van der Waals surface area contributed by atoms with Crippen LogP contribution in [0.15, 0.2) is 30.5 Å². The van der Waals surface area contributed by atoms with Gasteiger partial charge in [-0.2, -0.15) is 0 Å². The predicted molar refractivity (Wildman–Crippen MR) is 109 cm³/mol. The second-order valence-electron chi connectivity index (χ2n) is 7.95. The number of aryl methyl sites for hydroxylation is 1. The average molecular weight is 380 g/mol. The summed E-state index contributed by atoms with van der Waals surface area (Å²) in [4.78, 5) is 13.2. The minimum absolute atomic E-state index is 0.0634. The van der Waals surface area contributed by atoms with Gasteiger partial charge in [-0.1, -0.05) is 32.0 Å². The third kappa shape index (κ3) is 3.54. The molecule has 28 heavy (non-hydrogen) atoms. The fourth-order valence-corrected chi connectivity index (χ4v) is 4.01. The van der Waals surface area contributed by atoms with Crippen LogP contribution < -0.4 is 10.6 Å². The molecular weight excluding hydrogens is 352 g/mol. The summed E-state index contributed by atoms with van der Waals surface area (Å²) in [5, 5.41) is 16.5. The van der Waals surface area contributed by atoms with E-state index in [1.54, 1.807) is 0 Å². The minimum Gasteiger partial charge on any atom is -0.350 e. The van der Waals surface area contributed by atoms with Crippen LogP contribution in [0.25, 0.3) is 10.9 Å². The fourth-order valence-electron chi connectivity index (χ4n) is 4.01. The van der Waals surface area contributed by atoms with E-state index in [1.807, 2.05) is 42.1 Å². The van der Waals surface area contributed by atoms with E-state index in [4.69, 9.17) is 0 Å². The van der Waals surface area contributed by atoms with Crippen LogP contribution in [0.2, 0.25) is 0 Å². The van der Waals surface area contributed by atoms with Gasteiger partial charge < -0.3 is 19.8 Å². The highest BCUT2D eigenvalue weighted by Gasteiger charge is 2.26. The highest BCUT2D eigenvalue weighted by atomic mass is 16.1. The second-order valence-corrected chi connectivity index (χ2v) is 7.95. The Balaban J connectivity index is 1.65. The molecule has 2 N–H and O–H groups in total. The van der Waals surface area contributed by atoms with Crippen LogP contribution in [0.1, 0.15) is 48.3 Å². The van der Waals surface area contributed by atoms with Gasteiger partial charge in [-0.05, 0) is 18.4 Å². The lowest BCUT2D eigenvalue weighted by atomic mass is 10.0. The van der Waals surface area contributed by atoms with E-state index in [0.717, 1.165) is 55.0 Å². The van der Waals surface area contributed by atoms with Gasteiger partial charge in [0.1, 0.15) is 5.82 Å². The van der Waals surface area contributed by atoms with Crippen molar-refractivity contribution >= 4 is 16.8 Å². The number of nitrogens with zero attached hydrogens (tertiary/aromatic N) is 4. The Kier molecular flexibility index (Phi) is 5.17. The van der Waals surface area contributed by atoms with Crippen LogP contribution in [-0.2, 0) is 20.0 Å². The molecular formula is C21H28N6O. The first-order valence-electron chi connectivity index (χ1n) is 10.0. The summed E-state index contributed by atoms with van der Waals surface area (Å²) in [6, 6.07) is 7.83. The predicted octanol–water partition coefficient (Wildman–Crippen LogP) is 2.43. The zero-order valence-corrected chi connectivity index (χ0v) is 16.8. The van der Waals surface area contributed by atoms with Crippen LogP contribution in [0.4, 0.5) is 0 Å². The number of benzene rings is 1. The zero-order valence-electron chi connectivity index (χ0n) is 16.8. The first-order valence-corrected chi connectivity index (χ1v) is 10.0. The minimum atomic E-state index is -0.161. The summed E-state index contributed by atoms with van der Waals surface area (Å²) >= 11 is 0. The summed E-state index contributed by atoms with van der Waals surface area (Å²) in [6.07, 6.45) is 3.58.